The van der Waals surface area contributed by atoms with Gasteiger partial charge in [0.25, 0.3) is 5.88 Å². The van der Waals surface area contributed by atoms with Crippen molar-refractivity contribution in [2.75, 3.05) is 26.9 Å². The number of methoxy groups -OCH3 is 1. The minimum absolute atomic E-state index is 0.107. The second-order valence-electron chi connectivity index (χ2n) is 3.13. The zero-order valence-electron chi connectivity index (χ0n) is 9.79. The predicted molar refractivity (Wildman–Crippen MR) is 61.5 cm³/mol. The van der Waals surface area contributed by atoms with E-state index in [-0.39, 0.29) is 23.2 Å². The molecule has 0 atom stereocenters. The Bertz CT molecular complexity index is 367. The highest BCUT2D eigenvalue weighted by Gasteiger charge is 2.19. The van der Waals surface area contributed by atoms with Crippen molar-refractivity contribution in [1.29, 1.82) is 0 Å². The lowest BCUT2D eigenvalue weighted by Gasteiger charge is -2.02. The number of aromatic amines is 1. The number of ether oxygens (including phenoxy) is 3. The van der Waals surface area contributed by atoms with E-state index >= 15 is 0 Å². The molecule has 0 amide bonds. The Hall–Kier alpha value is -1.27. The summed E-state index contributed by atoms with van der Waals surface area (Å²) in [6, 6.07) is 0. The number of carbonyl (C=O) groups is 1. The van der Waals surface area contributed by atoms with Crippen LogP contribution in [0.4, 0.5) is 0 Å². The lowest BCUT2D eigenvalue weighted by Crippen LogP contribution is -2.05. The van der Waals surface area contributed by atoms with Crippen molar-refractivity contribution in [2.45, 2.75) is 13.3 Å². The number of nitrogens with zero attached hydrogens (tertiary/aromatic N) is 1. The van der Waals surface area contributed by atoms with Crippen LogP contribution in [0.2, 0.25) is 5.02 Å². The van der Waals surface area contributed by atoms with E-state index in [1.54, 1.807) is 14.0 Å². The quantitative estimate of drug-likeness (QED) is 0.597. The molecule has 1 aromatic heterocycles. The fraction of sp³-hybridized carbons (Fsp3) is 0.600. The van der Waals surface area contributed by atoms with E-state index in [0.717, 1.165) is 0 Å². The second kappa shape index (κ2) is 7.13. The van der Waals surface area contributed by atoms with Crippen LogP contribution in [0.3, 0.4) is 0 Å². The molecule has 1 N–H and O–H groups in total. The Morgan fingerprint density at radius 1 is 1.47 bits per heavy atom. The number of halogens is 1. The Kier molecular flexibility index (Phi) is 5.79. The highest BCUT2D eigenvalue weighted by Crippen LogP contribution is 2.25. The number of rotatable bonds is 7. The Morgan fingerprint density at radius 2 is 2.24 bits per heavy atom. The summed E-state index contributed by atoms with van der Waals surface area (Å²) in [6.07, 6.45) is 0.717. The third-order valence-electron chi connectivity index (χ3n) is 1.89. The molecule has 6 nitrogen and oxygen atoms in total. The Morgan fingerprint density at radius 3 is 2.88 bits per heavy atom. The van der Waals surface area contributed by atoms with Crippen molar-refractivity contribution >= 4 is 17.6 Å². The van der Waals surface area contributed by atoms with E-state index in [1.807, 2.05) is 0 Å². The molecule has 0 unspecified atom stereocenters. The largest absolute Gasteiger partial charge is 0.475 e. The average molecular weight is 263 g/mol. The first-order valence-corrected chi connectivity index (χ1v) is 5.61. The van der Waals surface area contributed by atoms with Crippen molar-refractivity contribution in [3.05, 3.63) is 10.7 Å². The van der Waals surface area contributed by atoms with Crippen molar-refractivity contribution in [2.24, 2.45) is 0 Å². The molecule has 0 aliphatic heterocycles. The molecule has 1 heterocycles. The Balaban J connectivity index is 2.54. The van der Waals surface area contributed by atoms with Gasteiger partial charge in [0.05, 0.1) is 13.2 Å². The van der Waals surface area contributed by atoms with E-state index in [1.165, 1.54) is 0 Å². The summed E-state index contributed by atoms with van der Waals surface area (Å²) < 4.78 is 15.0. The first-order valence-electron chi connectivity index (χ1n) is 5.23. The molecular weight excluding hydrogens is 248 g/mol. The molecule has 0 bridgehead atoms. The normalized spacial score (nSPS) is 10.3. The van der Waals surface area contributed by atoms with Gasteiger partial charge in [-0.25, -0.2) is 4.79 Å². The lowest BCUT2D eigenvalue weighted by molar-refractivity contribution is 0.0519. The molecule has 0 aliphatic rings. The van der Waals surface area contributed by atoms with Crippen LogP contribution < -0.4 is 4.74 Å². The summed E-state index contributed by atoms with van der Waals surface area (Å²) in [4.78, 5) is 11.4. The van der Waals surface area contributed by atoms with E-state index < -0.39 is 5.97 Å². The van der Waals surface area contributed by atoms with Crippen LogP contribution in [0.15, 0.2) is 0 Å². The van der Waals surface area contributed by atoms with Gasteiger partial charge in [-0.15, -0.1) is 5.10 Å². The van der Waals surface area contributed by atoms with Gasteiger partial charge in [-0.3, -0.25) is 5.10 Å². The van der Waals surface area contributed by atoms with E-state index in [2.05, 4.69) is 10.2 Å². The van der Waals surface area contributed by atoms with Crippen molar-refractivity contribution in [3.63, 3.8) is 0 Å². The van der Waals surface area contributed by atoms with Gasteiger partial charge >= 0.3 is 5.97 Å². The molecule has 17 heavy (non-hydrogen) atoms. The van der Waals surface area contributed by atoms with Crippen molar-refractivity contribution in [1.82, 2.24) is 10.2 Å². The molecule has 0 saturated heterocycles. The van der Waals surface area contributed by atoms with Gasteiger partial charge in [-0.1, -0.05) is 11.6 Å². The fourth-order valence-electron chi connectivity index (χ4n) is 1.12. The van der Waals surface area contributed by atoms with Crippen LogP contribution in [-0.2, 0) is 9.47 Å². The van der Waals surface area contributed by atoms with Crippen LogP contribution in [-0.4, -0.2) is 43.1 Å². The number of carbonyl (C=O) groups excluding carboxylic acids is 1. The monoisotopic (exact) mass is 262 g/mol. The summed E-state index contributed by atoms with van der Waals surface area (Å²) in [5.41, 5.74) is 0.107. The topological polar surface area (TPSA) is 73.4 Å². The SMILES string of the molecule is CCOC(=O)c1[nH]nc(OCCCOC)c1Cl. The molecular formula is C10H15ClN2O4. The van der Waals surface area contributed by atoms with Gasteiger partial charge < -0.3 is 14.2 Å². The number of nitrogens with one attached hydrogen (secondary N) is 1. The zero-order valence-corrected chi connectivity index (χ0v) is 10.5. The summed E-state index contributed by atoms with van der Waals surface area (Å²) in [5.74, 6) is -0.345. The number of hydrogen-bond donors (Lipinski definition) is 1. The standard InChI is InChI=1S/C10H15ClN2O4/c1-3-16-10(14)8-7(11)9(13-12-8)17-6-4-5-15-2/h3-6H2,1-2H3,(H,12,13). The number of aromatic nitrogens is 2. The van der Waals surface area contributed by atoms with Crippen LogP contribution in [0.5, 0.6) is 5.88 Å². The molecule has 0 radical (unpaired) electrons. The first-order chi connectivity index (χ1) is 8.20. The summed E-state index contributed by atoms with van der Waals surface area (Å²) in [6.45, 7) is 3.00. The molecule has 0 aromatic carbocycles. The van der Waals surface area contributed by atoms with Crippen LogP contribution in [0.25, 0.3) is 0 Å². The van der Waals surface area contributed by atoms with Gasteiger partial charge in [-0.05, 0) is 6.92 Å². The van der Waals surface area contributed by atoms with Gasteiger partial charge in [-0.2, -0.15) is 0 Å². The summed E-state index contributed by atoms with van der Waals surface area (Å²) in [7, 11) is 1.61. The maximum atomic E-state index is 11.4. The van der Waals surface area contributed by atoms with E-state index in [9.17, 15) is 4.79 Å². The molecule has 1 aromatic rings. The maximum Gasteiger partial charge on any atom is 0.358 e. The van der Waals surface area contributed by atoms with Crippen molar-refractivity contribution in [3.8, 4) is 5.88 Å². The van der Waals surface area contributed by atoms with Gasteiger partial charge in [0.2, 0.25) is 0 Å². The lowest BCUT2D eigenvalue weighted by atomic mass is 10.4. The molecule has 96 valence electrons. The molecule has 1 rings (SSSR count). The third kappa shape index (κ3) is 3.90. The minimum atomic E-state index is -0.545. The minimum Gasteiger partial charge on any atom is -0.475 e. The van der Waals surface area contributed by atoms with E-state index in [0.29, 0.717) is 19.6 Å². The molecule has 0 spiro atoms. The zero-order chi connectivity index (χ0) is 12.7. The number of hydrogen-bond acceptors (Lipinski definition) is 5. The Labute approximate surface area is 104 Å². The van der Waals surface area contributed by atoms with Crippen LogP contribution in [0.1, 0.15) is 23.8 Å². The number of H-pyrrole nitrogens is 1. The molecule has 0 fully saturated rings. The van der Waals surface area contributed by atoms with Gasteiger partial charge in [0.15, 0.2) is 5.69 Å². The smallest absolute Gasteiger partial charge is 0.358 e. The summed E-state index contributed by atoms with van der Waals surface area (Å²) >= 11 is 5.92. The highest BCUT2D eigenvalue weighted by molar-refractivity contribution is 6.34. The molecule has 7 heteroatoms. The highest BCUT2D eigenvalue weighted by atomic mass is 35.5. The maximum absolute atomic E-state index is 11.4. The predicted octanol–water partition coefficient (Wildman–Crippen LogP) is 1.66. The molecule has 0 aliphatic carbocycles. The van der Waals surface area contributed by atoms with E-state index in [4.69, 9.17) is 25.8 Å². The summed E-state index contributed by atoms with van der Waals surface area (Å²) in [5, 5.41) is 6.42. The fourth-order valence-corrected chi connectivity index (χ4v) is 1.33. The average Bonchev–Trinajstić information content (AvgIpc) is 2.67. The van der Waals surface area contributed by atoms with Gasteiger partial charge in [0.1, 0.15) is 5.02 Å². The third-order valence-corrected chi connectivity index (χ3v) is 2.24. The van der Waals surface area contributed by atoms with Gasteiger partial charge in [0, 0.05) is 20.1 Å². The van der Waals surface area contributed by atoms with Crippen LogP contribution in [0, 0.1) is 0 Å². The first kappa shape index (κ1) is 13.8. The molecule has 0 saturated carbocycles. The second-order valence-corrected chi connectivity index (χ2v) is 3.51. The van der Waals surface area contributed by atoms with Crippen molar-refractivity contribution < 1.29 is 19.0 Å². The van der Waals surface area contributed by atoms with Crippen LogP contribution >= 0.6 is 11.6 Å². The number of esters is 1.